The lowest BCUT2D eigenvalue weighted by Gasteiger charge is -2.25. The minimum atomic E-state index is -0.677. The van der Waals surface area contributed by atoms with E-state index in [0.29, 0.717) is 33.0 Å². The van der Waals surface area contributed by atoms with Crippen molar-refractivity contribution in [3.05, 3.63) is 127 Å². The third kappa shape index (κ3) is 5.77. The SMILES string of the molecule is COc1ccc([C@@H]2C(C(=O)OC(C)C)=C(C)N=c3s/c(=C\c4ccc(OCc5ccccc5)cc4)c(=O)n32)cc1. The summed E-state index contributed by atoms with van der Waals surface area (Å²) in [4.78, 5) is 32.2. The third-order valence-corrected chi connectivity index (χ3v) is 7.43. The van der Waals surface area contributed by atoms with E-state index >= 15 is 0 Å². The van der Waals surface area contributed by atoms with Gasteiger partial charge in [0.25, 0.3) is 5.56 Å². The fourth-order valence-electron chi connectivity index (χ4n) is 4.51. The molecule has 1 aliphatic rings. The minimum absolute atomic E-state index is 0.226. The maximum atomic E-state index is 13.8. The smallest absolute Gasteiger partial charge is 0.338 e. The van der Waals surface area contributed by atoms with Crippen molar-refractivity contribution in [2.45, 2.75) is 39.5 Å². The molecule has 0 spiro atoms. The molecule has 2 heterocycles. The van der Waals surface area contributed by atoms with Crippen LogP contribution in [0.25, 0.3) is 6.08 Å². The van der Waals surface area contributed by atoms with Crippen molar-refractivity contribution in [1.29, 1.82) is 0 Å². The molecule has 5 rings (SSSR count). The topological polar surface area (TPSA) is 79.1 Å². The zero-order valence-electron chi connectivity index (χ0n) is 22.8. The molecule has 0 amide bonds. The van der Waals surface area contributed by atoms with Crippen molar-refractivity contribution >= 4 is 23.4 Å². The fourth-order valence-corrected chi connectivity index (χ4v) is 5.56. The number of fused-ring (bicyclic) bond motifs is 1. The molecule has 40 heavy (non-hydrogen) atoms. The highest BCUT2D eigenvalue weighted by atomic mass is 32.1. The number of aromatic nitrogens is 1. The Kier molecular flexibility index (Phi) is 7.98. The van der Waals surface area contributed by atoms with Gasteiger partial charge < -0.3 is 14.2 Å². The molecular weight excluding hydrogens is 524 g/mol. The van der Waals surface area contributed by atoms with Gasteiger partial charge in [0.1, 0.15) is 18.1 Å². The van der Waals surface area contributed by atoms with Crippen LogP contribution in [0, 0.1) is 0 Å². The van der Waals surface area contributed by atoms with E-state index in [1.165, 1.54) is 11.3 Å². The number of thiazole rings is 1. The highest BCUT2D eigenvalue weighted by Gasteiger charge is 2.33. The average Bonchev–Trinajstić information content (AvgIpc) is 3.26. The summed E-state index contributed by atoms with van der Waals surface area (Å²) in [7, 11) is 1.59. The molecule has 3 aromatic carbocycles. The van der Waals surface area contributed by atoms with Crippen LogP contribution >= 0.6 is 11.3 Å². The third-order valence-electron chi connectivity index (χ3n) is 6.44. The Bertz CT molecular complexity index is 1720. The molecule has 0 fully saturated rings. The highest BCUT2D eigenvalue weighted by Crippen LogP contribution is 2.32. The predicted molar refractivity (Wildman–Crippen MR) is 155 cm³/mol. The maximum Gasteiger partial charge on any atom is 0.338 e. The number of rotatable bonds is 8. The number of carbonyl (C=O) groups is 1. The number of hydrogen-bond acceptors (Lipinski definition) is 7. The largest absolute Gasteiger partial charge is 0.497 e. The Balaban J connectivity index is 1.51. The summed E-state index contributed by atoms with van der Waals surface area (Å²) in [5, 5.41) is 0. The van der Waals surface area contributed by atoms with Gasteiger partial charge in [-0.05, 0) is 67.8 Å². The molecule has 7 nitrogen and oxygen atoms in total. The quantitative estimate of drug-likeness (QED) is 0.293. The second-order valence-corrected chi connectivity index (χ2v) is 10.7. The Hall–Kier alpha value is -4.43. The number of allylic oxidation sites excluding steroid dienone is 1. The van der Waals surface area contributed by atoms with Gasteiger partial charge in [0.2, 0.25) is 0 Å². The predicted octanol–water partition coefficient (Wildman–Crippen LogP) is 4.77. The number of esters is 1. The summed E-state index contributed by atoms with van der Waals surface area (Å²) < 4.78 is 18.9. The van der Waals surface area contributed by atoms with Gasteiger partial charge in [0.15, 0.2) is 4.80 Å². The molecule has 0 radical (unpaired) electrons. The zero-order chi connectivity index (χ0) is 28.2. The maximum absolute atomic E-state index is 13.8. The van der Waals surface area contributed by atoms with Gasteiger partial charge in [-0.3, -0.25) is 9.36 Å². The van der Waals surface area contributed by atoms with Crippen LogP contribution in [0.3, 0.4) is 0 Å². The van der Waals surface area contributed by atoms with Gasteiger partial charge in [-0.25, -0.2) is 9.79 Å². The first kappa shape index (κ1) is 27.1. The van der Waals surface area contributed by atoms with Gasteiger partial charge in [0, 0.05) is 0 Å². The standard InChI is InChI=1S/C32H30N2O5S/c1-20(2)39-31(36)28-21(3)33-32-34(29(28)24-12-16-25(37-4)17-13-24)30(35)27(40-32)18-22-10-14-26(15-11-22)38-19-23-8-6-5-7-9-23/h5-18,20,29H,19H2,1-4H3/b27-18-/t29-/m1/s1. The van der Waals surface area contributed by atoms with Crippen molar-refractivity contribution in [3.63, 3.8) is 0 Å². The lowest BCUT2D eigenvalue weighted by molar-refractivity contribution is -0.143. The first-order valence-corrected chi connectivity index (χ1v) is 13.8. The van der Waals surface area contributed by atoms with Crippen LogP contribution in [0.4, 0.5) is 0 Å². The number of carbonyl (C=O) groups excluding carboxylic acids is 1. The zero-order valence-corrected chi connectivity index (χ0v) is 23.6. The van der Waals surface area contributed by atoms with Gasteiger partial charge in [-0.15, -0.1) is 0 Å². The van der Waals surface area contributed by atoms with E-state index in [-0.39, 0.29) is 11.7 Å². The van der Waals surface area contributed by atoms with Crippen LogP contribution < -0.4 is 24.4 Å². The van der Waals surface area contributed by atoms with Gasteiger partial charge in [0.05, 0.1) is 35.1 Å². The van der Waals surface area contributed by atoms with Crippen molar-refractivity contribution in [1.82, 2.24) is 4.57 Å². The number of nitrogens with zero attached hydrogens (tertiary/aromatic N) is 2. The van der Waals surface area contributed by atoms with E-state index in [1.54, 1.807) is 32.4 Å². The summed E-state index contributed by atoms with van der Waals surface area (Å²) in [6, 6.07) is 24.2. The lowest BCUT2D eigenvalue weighted by Crippen LogP contribution is -2.40. The van der Waals surface area contributed by atoms with Crippen molar-refractivity contribution in [2.24, 2.45) is 4.99 Å². The van der Waals surface area contributed by atoms with Crippen LogP contribution in [0.15, 0.2) is 99.9 Å². The number of ether oxygens (including phenoxy) is 3. The van der Waals surface area contributed by atoms with Gasteiger partial charge in [-0.1, -0.05) is 65.9 Å². The van der Waals surface area contributed by atoms with Crippen molar-refractivity contribution in [2.75, 3.05) is 7.11 Å². The van der Waals surface area contributed by atoms with Crippen LogP contribution in [0.5, 0.6) is 11.5 Å². The van der Waals surface area contributed by atoms with Crippen LogP contribution in [0.1, 0.15) is 43.5 Å². The van der Waals surface area contributed by atoms with E-state index in [4.69, 9.17) is 14.2 Å². The minimum Gasteiger partial charge on any atom is -0.497 e. The lowest BCUT2D eigenvalue weighted by atomic mass is 9.96. The van der Waals surface area contributed by atoms with Gasteiger partial charge >= 0.3 is 5.97 Å². The summed E-state index contributed by atoms with van der Waals surface area (Å²) >= 11 is 1.29. The second kappa shape index (κ2) is 11.8. The first-order chi connectivity index (χ1) is 19.3. The van der Waals surface area contributed by atoms with E-state index in [9.17, 15) is 9.59 Å². The monoisotopic (exact) mass is 554 g/mol. The fraction of sp³-hybridized carbons (Fsp3) is 0.219. The first-order valence-electron chi connectivity index (χ1n) is 13.0. The van der Waals surface area contributed by atoms with Crippen molar-refractivity contribution in [3.8, 4) is 11.5 Å². The molecule has 0 saturated carbocycles. The van der Waals surface area contributed by atoms with Crippen molar-refractivity contribution < 1.29 is 19.0 Å². The van der Waals surface area contributed by atoms with Crippen LogP contribution in [-0.4, -0.2) is 23.8 Å². The van der Waals surface area contributed by atoms with Gasteiger partial charge in [-0.2, -0.15) is 0 Å². The number of hydrogen-bond donors (Lipinski definition) is 0. The molecule has 1 aliphatic heterocycles. The average molecular weight is 555 g/mol. The molecule has 1 atom stereocenters. The molecule has 1 aromatic heterocycles. The molecular formula is C32H30N2O5S. The number of benzene rings is 3. The summed E-state index contributed by atoms with van der Waals surface area (Å²) in [6.45, 7) is 5.84. The van der Waals surface area contributed by atoms with E-state index in [2.05, 4.69) is 4.99 Å². The molecule has 204 valence electrons. The van der Waals surface area contributed by atoms with E-state index < -0.39 is 12.0 Å². The molecule has 0 unspecified atom stereocenters. The molecule has 4 aromatic rings. The summed E-state index contributed by atoms with van der Waals surface area (Å²) in [5.41, 5.74) is 3.35. The van der Waals surface area contributed by atoms with E-state index in [0.717, 1.165) is 22.4 Å². The Morgan fingerprint density at radius 3 is 2.33 bits per heavy atom. The number of methoxy groups -OCH3 is 1. The van der Waals surface area contributed by atoms with Crippen LogP contribution in [0.2, 0.25) is 0 Å². The van der Waals surface area contributed by atoms with Crippen LogP contribution in [-0.2, 0) is 16.1 Å². The molecule has 8 heteroatoms. The summed E-state index contributed by atoms with van der Waals surface area (Å²) in [6.07, 6.45) is 1.52. The Morgan fingerprint density at radius 1 is 1.00 bits per heavy atom. The molecule has 0 bridgehead atoms. The molecule has 0 aliphatic carbocycles. The normalized spacial score (nSPS) is 15.0. The summed E-state index contributed by atoms with van der Waals surface area (Å²) in [5.74, 6) is 0.933. The Labute approximate surface area is 236 Å². The highest BCUT2D eigenvalue weighted by molar-refractivity contribution is 7.07. The molecule has 0 N–H and O–H groups in total. The second-order valence-electron chi connectivity index (χ2n) is 9.65. The van der Waals surface area contributed by atoms with E-state index in [1.807, 2.05) is 84.9 Å². The molecule has 0 saturated heterocycles. The Morgan fingerprint density at radius 2 is 1.68 bits per heavy atom.